The average Bonchev–Trinajstić information content (AvgIpc) is 2.75. The van der Waals surface area contributed by atoms with Gasteiger partial charge in [0.05, 0.1) is 19.3 Å². The molecule has 0 saturated carbocycles. The van der Waals surface area contributed by atoms with Crippen LogP contribution in [0, 0.1) is 0 Å². The van der Waals surface area contributed by atoms with Crippen LogP contribution in [0.3, 0.4) is 0 Å². The van der Waals surface area contributed by atoms with E-state index in [1.165, 1.54) is 11.9 Å². The molecule has 1 aromatic rings. The molecule has 0 radical (unpaired) electrons. The van der Waals surface area contributed by atoms with Gasteiger partial charge < -0.3 is 15.0 Å². The summed E-state index contributed by atoms with van der Waals surface area (Å²) in [5, 5.41) is 5.28. The summed E-state index contributed by atoms with van der Waals surface area (Å²) in [5.74, 6) is 0. The third-order valence-corrected chi connectivity index (χ3v) is 3.87. The molecular formula is C12H16ClF3N4O2. The fraction of sp³-hybridized carbons (Fsp3) is 0.667. The summed E-state index contributed by atoms with van der Waals surface area (Å²) < 4.78 is 45.0. The topological polar surface area (TPSA) is 59.4 Å². The summed E-state index contributed by atoms with van der Waals surface area (Å²) >= 11 is 5.82. The number of aromatic nitrogens is 2. The summed E-state index contributed by atoms with van der Waals surface area (Å²) in [6, 6.07) is -0.825. The minimum Gasteiger partial charge on any atom is -0.377 e. The van der Waals surface area contributed by atoms with Gasteiger partial charge in [-0.1, -0.05) is 18.5 Å². The van der Waals surface area contributed by atoms with Crippen molar-refractivity contribution in [3.8, 4) is 0 Å². The Morgan fingerprint density at radius 2 is 2.23 bits per heavy atom. The lowest BCUT2D eigenvalue weighted by molar-refractivity contribution is -0.140. The Balaban J connectivity index is 2.25. The van der Waals surface area contributed by atoms with Crippen molar-refractivity contribution in [2.24, 2.45) is 7.05 Å². The van der Waals surface area contributed by atoms with Crippen molar-refractivity contribution in [3.63, 3.8) is 0 Å². The minimum absolute atomic E-state index is 0.182. The normalized spacial score (nSPS) is 19.4. The number of morpholine rings is 1. The average molecular weight is 341 g/mol. The second-order valence-electron chi connectivity index (χ2n) is 4.90. The molecule has 1 aliphatic heterocycles. The van der Waals surface area contributed by atoms with Crippen LogP contribution in [0.2, 0.25) is 5.15 Å². The third kappa shape index (κ3) is 3.30. The smallest absolute Gasteiger partial charge is 0.377 e. The number of anilines is 1. The van der Waals surface area contributed by atoms with Crippen LogP contribution < -0.4 is 5.32 Å². The van der Waals surface area contributed by atoms with E-state index in [2.05, 4.69) is 10.4 Å². The summed E-state index contributed by atoms with van der Waals surface area (Å²) in [6.07, 6.45) is -4.07. The standard InChI is InChI=1S/C12H16ClF3N4O2/c1-3-7-6-22-5-4-20(7)11(21)17-8-9(12(14,15)16)18-19(2)10(8)13/h7H,3-6H2,1-2H3,(H,17,21). The highest BCUT2D eigenvalue weighted by Gasteiger charge is 2.40. The highest BCUT2D eigenvalue weighted by atomic mass is 35.5. The maximum Gasteiger partial charge on any atom is 0.437 e. The summed E-state index contributed by atoms with van der Waals surface area (Å²) in [4.78, 5) is 13.7. The molecule has 1 aromatic heterocycles. The van der Waals surface area contributed by atoms with Crippen LogP contribution in [-0.4, -0.2) is 46.5 Å². The van der Waals surface area contributed by atoms with E-state index in [1.54, 1.807) is 0 Å². The predicted octanol–water partition coefficient (Wildman–Crippen LogP) is 2.74. The third-order valence-electron chi connectivity index (χ3n) is 3.44. The van der Waals surface area contributed by atoms with Crippen LogP contribution in [0.4, 0.5) is 23.7 Å². The SMILES string of the molecule is CCC1COCCN1C(=O)Nc1c(C(F)(F)F)nn(C)c1Cl. The van der Waals surface area contributed by atoms with Gasteiger partial charge in [-0.15, -0.1) is 0 Å². The molecule has 2 heterocycles. The van der Waals surface area contributed by atoms with Crippen molar-refractivity contribution in [1.82, 2.24) is 14.7 Å². The molecule has 1 unspecified atom stereocenters. The van der Waals surface area contributed by atoms with E-state index in [9.17, 15) is 18.0 Å². The maximum absolute atomic E-state index is 13.0. The second kappa shape index (κ2) is 6.33. The Bertz CT molecular complexity index is 561. The van der Waals surface area contributed by atoms with Gasteiger partial charge in [-0.3, -0.25) is 4.68 Å². The van der Waals surface area contributed by atoms with Crippen molar-refractivity contribution in [3.05, 3.63) is 10.8 Å². The zero-order valence-corrected chi connectivity index (χ0v) is 12.8. The van der Waals surface area contributed by atoms with Gasteiger partial charge in [0.1, 0.15) is 5.69 Å². The fourth-order valence-electron chi connectivity index (χ4n) is 2.25. The van der Waals surface area contributed by atoms with E-state index in [0.717, 1.165) is 4.68 Å². The van der Waals surface area contributed by atoms with Crippen LogP contribution in [-0.2, 0) is 18.0 Å². The quantitative estimate of drug-likeness (QED) is 0.900. The summed E-state index contributed by atoms with van der Waals surface area (Å²) in [5.41, 5.74) is -1.74. The molecule has 0 aliphatic carbocycles. The molecule has 22 heavy (non-hydrogen) atoms. The maximum atomic E-state index is 13.0. The number of rotatable bonds is 2. The number of urea groups is 1. The van der Waals surface area contributed by atoms with Crippen molar-refractivity contribution in [2.75, 3.05) is 25.1 Å². The van der Waals surface area contributed by atoms with Crippen LogP contribution in [0.15, 0.2) is 0 Å². The Labute approximate surface area is 130 Å². The molecule has 1 saturated heterocycles. The van der Waals surface area contributed by atoms with E-state index < -0.39 is 23.6 Å². The Morgan fingerprint density at radius 3 is 2.82 bits per heavy atom. The van der Waals surface area contributed by atoms with Gasteiger partial charge in [0.25, 0.3) is 0 Å². The van der Waals surface area contributed by atoms with Gasteiger partial charge in [0.2, 0.25) is 0 Å². The summed E-state index contributed by atoms with van der Waals surface area (Å²) in [6.45, 7) is 2.88. The summed E-state index contributed by atoms with van der Waals surface area (Å²) in [7, 11) is 1.27. The number of carbonyl (C=O) groups excluding carboxylic acids is 1. The van der Waals surface area contributed by atoms with Crippen molar-refractivity contribution in [2.45, 2.75) is 25.6 Å². The number of nitrogens with zero attached hydrogens (tertiary/aromatic N) is 3. The first-order valence-corrected chi connectivity index (χ1v) is 7.08. The number of aryl methyl sites for hydroxylation is 1. The molecule has 0 aromatic carbocycles. The number of hydrogen-bond donors (Lipinski definition) is 1. The second-order valence-corrected chi connectivity index (χ2v) is 5.25. The van der Waals surface area contributed by atoms with Crippen LogP contribution in [0.1, 0.15) is 19.0 Å². The molecule has 0 spiro atoms. The molecule has 1 aliphatic rings. The highest BCUT2D eigenvalue weighted by molar-refractivity contribution is 6.32. The number of hydrogen-bond acceptors (Lipinski definition) is 3. The van der Waals surface area contributed by atoms with Gasteiger partial charge in [-0.2, -0.15) is 18.3 Å². The van der Waals surface area contributed by atoms with Crippen molar-refractivity contribution >= 4 is 23.3 Å². The monoisotopic (exact) mass is 340 g/mol. The lowest BCUT2D eigenvalue weighted by Crippen LogP contribution is -2.50. The Morgan fingerprint density at radius 1 is 1.55 bits per heavy atom. The first-order valence-electron chi connectivity index (χ1n) is 6.70. The van der Waals surface area contributed by atoms with Gasteiger partial charge in [0, 0.05) is 13.6 Å². The van der Waals surface area contributed by atoms with Gasteiger partial charge in [-0.05, 0) is 6.42 Å². The molecule has 6 nitrogen and oxygen atoms in total. The lowest BCUT2D eigenvalue weighted by atomic mass is 10.2. The Kier molecular flexibility index (Phi) is 4.86. The van der Waals surface area contributed by atoms with Crippen molar-refractivity contribution < 1.29 is 22.7 Å². The van der Waals surface area contributed by atoms with E-state index in [4.69, 9.17) is 16.3 Å². The van der Waals surface area contributed by atoms with Crippen LogP contribution in [0.25, 0.3) is 0 Å². The lowest BCUT2D eigenvalue weighted by Gasteiger charge is -2.35. The highest BCUT2D eigenvalue weighted by Crippen LogP contribution is 2.38. The van der Waals surface area contributed by atoms with Crippen LogP contribution >= 0.6 is 11.6 Å². The molecule has 0 bridgehead atoms. The number of alkyl halides is 3. The van der Waals surface area contributed by atoms with E-state index in [0.29, 0.717) is 26.2 Å². The predicted molar refractivity (Wildman–Crippen MR) is 73.8 cm³/mol. The zero-order valence-electron chi connectivity index (χ0n) is 12.1. The molecule has 1 fully saturated rings. The molecule has 1 atom stereocenters. The van der Waals surface area contributed by atoms with E-state index in [1.807, 2.05) is 6.92 Å². The van der Waals surface area contributed by atoms with Gasteiger partial charge in [0.15, 0.2) is 10.8 Å². The first-order chi connectivity index (χ1) is 10.3. The van der Waals surface area contributed by atoms with Crippen LogP contribution in [0.5, 0.6) is 0 Å². The van der Waals surface area contributed by atoms with E-state index in [-0.39, 0.29) is 11.2 Å². The Hall–Kier alpha value is -1.48. The van der Waals surface area contributed by atoms with E-state index >= 15 is 0 Å². The molecule has 2 amide bonds. The molecule has 2 rings (SSSR count). The van der Waals surface area contributed by atoms with Gasteiger partial charge >= 0.3 is 12.2 Å². The fourth-order valence-corrected chi connectivity index (χ4v) is 2.43. The van der Waals surface area contributed by atoms with Gasteiger partial charge in [-0.25, -0.2) is 4.79 Å². The zero-order chi connectivity index (χ0) is 16.5. The van der Waals surface area contributed by atoms with Crippen molar-refractivity contribution in [1.29, 1.82) is 0 Å². The number of nitrogens with one attached hydrogen (secondary N) is 1. The molecule has 1 N–H and O–H groups in total. The first kappa shape index (κ1) is 16.9. The largest absolute Gasteiger partial charge is 0.437 e. The number of halogens is 4. The number of amides is 2. The number of ether oxygens (including phenoxy) is 1. The molecule has 124 valence electrons. The minimum atomic E-state index is -4.71. The molecular weight excluding hydrogens is 325 g/mol. The number of carbonyl (C=O) groups is 1. The molecule has 10 heteroatoms.